The lowest BCUT2D eigenvalue weighted by atomic mass is 10.0. The lowest BCUT2D eigenvalue weighted by molar-refractivity contribution is -0.155. The van der Waals surface area contributed by atoms with Gasteiger partial charge in [0.1, 0.15) is 11.6 Å². The van der Waals surface area contributed by atoms with E-state index in [0.717, 1.165) is 5.69 Å². The monoisotopic (exact) mass is 247 g/mol. The molecule has 98 valence electrons. The van der Waals surface area contributed by atoms with Gasteiger partial charge in [-0.25, -0.2) is 4.79 Å². The fourth-order valence-electron chi connectivity index (χ4n) is 2.38. The van der Waals surface area contributed by atoms with E-state index in [1.54, 1.807) is 0 Å². The summed E-state index contributed by atoms with van der Waals surface area (Å²) in [7, 11) is 0. The van der Waals surface area contributed by atoms with Crippen LogP contribution in [0.2, 0.25) is 0 Å². The minimum atomic E-state index is -0.432. The molecule has 0 fully saturated rings. The highest BCUT2D eigenvalue weighted by Crippen LogP contribution is 2.31. The van der Waals surface area contributed by atoms with Crippen LogP contribution in [0.3, 0.4) is 0 Å². The molecule has 1 aromatic rings. The predicted molar refractivity (Wildman–Crippen MR) is 72.9 cm³/mol. The molecule has 0 amide bonds. The lowest BCUT2D eigenvalue weighted by Crippen LogP contribution is -2.35. The molecular weight excluding hydrogens is 226 g/mol. The number of carbonyl (C=O) groups excluding carboxylic acids is 1. The van der Waals surface area contributed by atoms with Gasteiger partial charge in [0, 0.05) is 12.1 Å². The molecule has 0 spiro atoms. The van der Waals surface area contributed by atoms with Crippen molar-refractivity contribution in [3.63, 3.8) is 0 Å². The van der Waals surface area contributed by atoms with Crippen LogP contribution in [-0.2, 0) is 16.0 Å². The summed E-state index contributed by atoms with van der Waals surface area (Å²) in [5.74, 6) is -0.171. The third-order valence-corrected chi connectivity index (χ3v) is 3.00. The van der Waals surface area contributed by atoms with Gasteiger partial charge in [-0.2, -0.15) is 0 Å². The fraction of sp³-hybridized carbons (Fsp3) is 0.533. The molecule has 1 unspecified atom stereocenters. The van der Waals surface area contributed by atoms with Crippen molar-refractivity contribution < 1.29 is 9.53 Å². The van der Waals surface area contributed by atoms with Gasteiger partial charge in [-0.05, 0) is 45.7 Å². The second kappa shape index (κ2) is 4.30. The number of fused-ring (bicyclic) bond motifs is 1. The standard InChI is InChI=1S/C15H21NO2/c1-9-6-10(2)13-11(7-9)8-12(16-13)14(17)18-15(3,4)5/h6-7,12,16H,8H2,1-5H3. The molecule has 1 heterocycles. The van der Waals surface area contributed by atoms with Crippen molar-refractivity contribution in [2.75, 3.05) is 5.32 Å². The summed E-state index contributed by atoms with van der Waals surface area (Å²) in [6.07, 6.45) is 0.715. The van der Waals surface area contributed by atoms with E-state index in [2.05, 4.69) is 31.3 Å². The topological polar surface area (TPSA) is 38.3 Å². The Balaban J connectivity index is 2.15. The maximum absolute atomic E-state index is 12.0. The zero-order valence-corrected chi connectivity index (χ0v) is 11.8. The molecule has 1 aliphatic heterocycles. The van der Waals surface area contributed by atoms with Gasteiger partial charge < -0.3 is 10.1 Å². The van der Waals surface area contributed by atoms with Crippen molar-refractivity contribution in [2.45, 2.75) is 52.7 Å². The Hall–Kier alpha value is -1.51. The minimum absolute atomic E-state index is 0.171. The summed E-state index contributed by atoms with van der Waals surface area (Å²) in [6.45, 7) is 9.82. The van der Waals surface area contributed by atoms with Crippen molar-refractivity contribution in [1.29, 1.82) is 0 Å². The molecule has 0 aromatic heterocycles. The van der Waals surface area contributed by atoms with E-state index in [0.29, 0.717) is 6.42 Å². The maximum atomic E-state index is 12.0. The number of ether oxygens (including phenoxy) is 1. The molecule has 1 N–H and O–H groups in total. The number of esters is 1. The number of rotatable bonds is 1. The third kappa shape index (κ3) is 2.66. The molecule has 2 rings (SSSR count). The summed E-state index contributed by atoms with van der Waals surface area (Å²) in [5.41, 5.74) is 4.30. The van der Waals surface area contributed by atoms with Crippen molar-refractivity contribution in [1.82, 2.24) is 0 Å². The van der Waals surface area contributed by atoms with Crippen LogP contribution in [-0.4, -0.2) is 17.6 Å². The van der Waals surface area contributed by atoms with Gasteiger partial charge in [0.15, 0.2) is 0 Å². The molecule has 1 aliphatic rings. The molecule has 0 saturated heterocycles. The third-order valence-electron chi connectivity index (χ3n) is 3.00. The van der Waals surface area contributed by atoms with Gasteiger partial charge >= 0.3 is 5.97 Å². The summed E-state index contributed by atoms with van der Waals surface area (Å²) >= 11 is 0. The van der Waals surface area contributed by atoms with Crippen LogP contribution in [0.5, 0.6) is 0 Å². The first-order valence-electron chi connectivity index (χ1n) is 6.36. The van der Waals surface area contributed by atoms with E-state index >= 15 is 0 Å². The number of anilines is 1. The Labute approximate surface area is 109 Å². The minimum Gasteiger partial charge on any atom is -0.458 e. The Morgan fingerprint density at radius 3 is 2.61 bits per heavy atom. The number of benzene rings is 1. The van der Waals surface area contributed by atoms with Crippen molar-refractivity contribution in [3.05, 3.63) is 28.8 Å². The van der Waals surface area contributed by atoms with Gasteiger partial charge in [0.2, 0.25) is 0 Å². The quantitative estimate of drug-likeness (QED) is 0.775. The van der Waals surface area contributed by atoms with Crippen LogP contribution in [0.4, 0.5) is 5.69 Å². The van der Waals surface area contributed by atoms with E-state index in [1.165, 1.54) is 16.7 Å². The molecule has 1 atom stereocenters. The van der Waals surface area contributed by atoms with Crippen LogP contribution in [0.25, 0.3) is 0 Å². The highest BCUT2D eigenvalue weighted by atomic mass is 16.6. The molecule has 3 heteroatoms. The molecule has 1 aromatic carbocycles. The highest BCUT2D eigenvalue weighted by Gasteiger charge is 2.31. The number of hydrogen-bond acceptors (Lipinski definition) is 3. The average molecular weight is 247 g/mol. The van der Waals surface area contributed by atoms with Crippen LogP contribution < -0.4 is 5.32 Å². The Bertz CT molecular complexity index is 486. The first kappa shape index (κ1) is 12.9. The first-order valence-corrected chi connectivity index (χ1v) is 6.36. The largest absolute Gasteiger partial charge is 0.458 e. The van der Waals surface area contributed by atoms with Crippen molar-refractivity contribution in [3.8, 4) is 0 Å². The molecule has 0 bridgehead atoms. The molecule has 3 nitrogen and oxygen atoms in total. The summed E-state index contributed by atoms with van der Waals surface area (Å²) in [5, 5.41) is 3.28. The highest BCUT2D eigenvalue weighted by molar-refractivity contribution is 5.84. The van der Waals surface area contributed by atoms with E-state index < -0.39 is 5.60 Å². The Kier molecular flexibility index (Phi) is 3.09. The lowest BCUT2D eigenvalue weighted by Gasteiger charge is -2.22. The smallest absolute Gasteiger partial charge is 0.329 e. The zero-order valence-electron chi connectivity index (χ0n) is 11.8. The molecule has 0 saturated carbocycles. The van der Waals surface area contributed by atoms with Crippen molar-refractivity contribution in [2.24, 2.45) is 0 Å². The molecule has 18 heavy (non-hydrogen) atoms. The second-order valence-corrected chi connectivity index (χ2v) is 6.05. The Morgan fingerprint density at radius 2 is 2.00 bits per heavy atom. The number of hydrogen-bond donors (Lipinski definition) is 1. The van der Waals surface area contributed by atoms with E-state index in [-0.39, 0.29) is 12.0 Å². The number of aryl methyl sites for hydroxylation is 2. The summed E-state index contributed by atoms with van der Waals surface area (Å²) < 4.78 is 5.42. The normalized spacial score (nSPS) is 18.2. The maximum Gasteiger partial charge on any atom is 0.329 e. The molecule has 0 aliphatic carbocycles. The van der Waals surface area contributed by atoms with Crippen LogP contribution in [0, 0.1) is 13.8 Å². The van der Waals surface area contributed by atoms with Crippen LogP contribution in [0.1, 0.15) is 37.5 Å². The summed E-state index contributed by atoms with van der Waals surface area (Å²) in [6, 6.07) is 4.02. The van der Waals surface area contributed by atoms with Gasteiger partial charge in [-0.1, -0.05) is 17.7 Å². The van der Waals surface area contributed by atoms with Gasteiger partial charge in [0.25, 0.3) is 0 Å². The number of carbonyl (C=O) groups is 1. The number of nitrogens with one attached hydrogen (secondary N) is 1. The van der Waals surface area contributed by atoms with E-state index in [9.17, 15) is 4.79 Å². The predicted octanol–water partition coefficient (Wildman–Crippen LogP) is 2.98. The van der Waals surface area contributed by atoms with Gasteiger partial charge in [0.05, 0.1) is 0 Å². The fourth-order valence-corrected chi connectivity index (χ4v) is 2.38. The van der Waals surface area contributed by atoms with Gasteiger partial charge in [-0.15, -0.1) is 0 Å². The second-order valence-electron chi connectivity index (χ2n) is 6.05. The van der Waals surface area contributed by atoms with Crippen LogP contribution in [0.15, 0.2) is 12.1 Å². The van der Waals surface area contributed by atoms with Crippen LogP contribution >= 0.6 is 0 Å². The SMILES string of the molecule is Cc1cc(C)c2c(c1)CC(C(=O)OC(C)(C)C)N2. The Morgan fingerprint density at radius 1 is 1.33 bits per heavy atom. The zero-order chi connectivity index (χ0) is 13.5. The molecular formula is C15H21NO2. The van der Waals surface area contributed by atoms with E-state index in [1.807, 2.05) is 20.8 Å². The van der Waals surface area contributed by atoms with Gasteiger partial charge in [-0.3, -0.25) is 0 Å². The van der Waals surface area contributed by atoms with E-state index in [4.69, 9.17) is 4.74 Å². The first-order chi connectivity index (χ1) is 8.26. The average Bonchev–Trinajstić information content (AvgIpc) is 2.58. The summed E-state index contributed by atoms with van der Waals surface area (Å²) in [4.78, 5) is 12.0. The van der Waals surface area contributed by atoms with Crippen molar-refractivity contribution >= 4 is 11.7 Å². The molecule has 0 radical (unpaired) electrons.